The molecule has 7 nitrogen and oxygen atoms in total. The Morgan fingerprint density at radius 1 is 1.22 bits per heavy atom. The molecule has 3 aromatic rings. The van der Waals surface area contributed by atoms with Gasteiger partial charge in [-0.05, 0) is 36.0 Å². The summed E-state index contributed by atoms with van der Waals surface area (Å²) in [7, 11) is 1.93. The number of para-hydroxylation sites is 2. The number of nitrogens with zero attached hydrogens (tertiary/aromatic N) is 3. The Kier molecular flexibility index (Phi) is 3.64. The Bertz CT molecular complexity index is 1150. The van der Waals surface area contributed by atoms with Gasteiger partial charge in [-0.1, -0.05) is 12.1 Å². The molecule has 0 saturated carbocycles. The predicted molar refractivity (Wildman–Crippen MR) is 104 cm³/mol. The summed E-state index contributed by atoms with van der Waals surface area (Å²) >= 11 is 1.29. The molecule has 0 spiro atoms. The number of thioether (sulfide) groups is 1. The van der Waals surface area contributed by atoms with Gasteiger partial charge >= 0.3 is 0 Å². The van der Waals surface area contributed by atoms with Crippen molar-refractivity contribution in [2.24, 2.45) is 12.0 Å². The maximum atomic E-state index is 12.3. The Morgan fingerprint density at radius 3 is 2.96 bits per heavy atom. The smallest absolute Gasteiger partial charge is 0.264 e. The van der Waals surface area contributed by atoms with Crippen LogP contribution in [-0.2, 0) is 11.8 Å². The Balaban J connectivity index is 1.44. The predicted octanol–water partition coefficient (Wildman–Crippen LogP) is 3.19. The highest BCUT2D eigenvalue weighted by atomic mass is 32.2. The standard InChI is InChI=1S/C19H14N4O3S/c1-23-13-5-3-2-4-12(13)21-17(23)9-16-18(24)22-19(27-16)20-11-6-7-14-15(8-11)26-10-25-14/h2-9H,10H2,1H3,(H,20,22,24)/b16-9+. The number of rotatable bonds is 2. The summed E-state index contributed by atoms with van der Waals surface area (Å²) in [6.45, 7) is 0.214. The number of amides is 1. The molecule has 1 saturated heterocycles. The van der Waals surface area contributed by atoms with Crippen molar-refractivity contribution < 1.29 is 14.3 Å². The maximum Gasteiger partial charge on any atom is 0.264 e. The van der Waals surface area contributed by atoms with E-state index in [1.54, 1.807) is 18.2 Å². The summed E-state index contributed by atoms with van der Waals surface area (Å²) in [6, 6.07) is 13.3. The van der Waals surface area contributed by atoms with Crippen LogP contribution < -0.4 is 14.8 Å². The van der Waals surface area contributed by atoms with Crippen LogP contribution in [0.2, 0.25) is 0 Å². The van der Waals surface area contributed by atoms with Gasteiger partial charge in [-0.2, -0.15) is 0 Å². The van der Waals surface area contributed by atoms with Crippen molar-refractivity contribution in [3.63, 3.8) is 0 Å². The quantitative estimate of drug-likeness (QED) is 0.693. The molecule has 0 atom stereocenters. The average Bonchev–Trinajstić information content (AvgIpc) is 3.34. The Labute approximate surface area is 158 Å². The topological polar surface area (TPSA) is 77.7 Å². The number of nitrogens with one attached hydrogen (secondary N) is 1. The number of ether oxygens (including phenoxy) is 2. The van der Waals surface area contributed by atoms with Crippen molar-refractivity contribution in [1.82, 2.24) is 14.9 Å². The lowest BCUT2D eigenvalue weighted by Crippen LogP contribution is -2.19. The second kappa shape index (κ2) is 6.17. The monoisotopic (exact) mass is 378 g/mol. The van der Waals surface area contributed by atoms with Crippen LogP contribution in [0.15, 0.2) is 52.4 Å². The molecule has 0 bridgehead atoms. The van der Waals surface area contributed by atoms with Crippen LogP contribution in [0.1, 0.15) is 5.82 Å². The molecule has 1 amide bonds. The Hall–Kier alpha value is -3.26. The fourth-order valence-electron chi connectivity index (χ4n) is 2.96. The number of fused-ring (bicyclic) bond motifs is 2. The number of carbonyl (C=O) groups excluding carboxylic acids is 1. The molecule has 2 aliphatic rings. The number of carbonyl (C=O) groups is 1. The average molecular weight is 378 g/mol. The van der Waals surface area contributed by atoms with Gasteiger partial charge in [0.15, 0.2) is 16.7 Å². The van der Waals surface area contributed by atoms with E-state index >= 15 is 0 Å². The maximum absolute atomic E-state index is 12.3. The van der Waals surface area contributed by atoms with E-state index in [0.29, 0.717) is 27.3 Å². The number of amidine groups is 1. The second-order valence-corrected chi connectivity index (χ2v) is 7.07. The summed E-state index contributed by atoms with van der Waals surface area (Å²) in [5, 5.41) is 3.31. The van der Waals surface area contributed by atoms with Crippen LogP contribution in [0.5, 0.6) is 11.5 Å². The molecule has 134 valence electrons. The van der Waals surface area contributed by atoms with Crippen molar-refractivity contribution in [3.8, 4) is 11.5 Å². The van der Waals surface area contributed by atoms with Gasteiger partial charge in [0, 0.05) is 19.2 Å². The van der Waals surface area contributed by atoms with Crippen LogP contribution in [-0.4, -0.2) is 27.4 Å². The van der Waals surface area contributed by atoms with Crippen molar-refractivity contribution in [2.45, 2.75) is 0 Å². The summed E-state index contributed by atoms with van der Waals surface area (Å²) in [4.78, 5) is 21.9. The Morgan fingerprint density at radius 2 is 2.07 bits per heavy atom. The van der Waals surface area contributed by atoms with Gasteiger partial charge in [-0.25, -0.2) is 9.98 Å². The van der Waals surface area contributed by atoms with E-state index in [4.69, 9.17) is 9.47 Å². The molecule has 1 N–H and O–H groups in total. The van der Waals surface area contributed by atoms with E-state index in [1.807, 2.05) is 41.9 Å². The molecule has 5 rings (SSSR count). The molecule has 1 fully saturated rings. The largest absolute Gasteiger partial charge is 0.454 e. The van der Waals surface area contributed by atoms with Crippen LogP contribution in [0.25, 0.3) is 17.1 Å². The molecule has 2 aliphatic heterocycles. The van der Waals surface area contributed by atoms with Crippen molar-refractivity contribution in [2.75, 3.05) is 6.79 Å². The lowest BCUT2D eigenvalue weighted by molar-refractivity contribution is -0.115. The van der Waals surface area contributed by atoms with E-state index in [9.17, 15) is 4.79 Å². The minimum absolute atomic E-state index is 0.188. The highest BCUT2D eigenvalue weighted by Gasteiger charge is 2.25. The summed E-state index contributed by atoms with van der Waals surface area (Å²) in [6.07, 6.45) is 1.78. The van der Waals surface area contributed by atoms with E-state index < -0.39 is 0 Å². The third-order valence-corrected chi connectivity index (χ3v) is 5.23. The SMILES string of the molecule is Cn1c(/C=C2/SC(=Nc3ccc4c(c3)OCO4)NC2=O)nc2ccccc21. The third kappa shape index (κ3) is 2.83. The molecule has 0 aliphatic carbocycles. The van der Waals surface area contributed by atoms with Crippen molar-refractivity contribution >= 4 is 45.6 Å². The number of hydrogen-bond donors (Lipinski definition) is 1. The number of aromatic nitrogens is 2. The highest BCUT2D eigenvalue weighted by Crippen LogP contribution is 2.36. The summed E-state index contributed by atoms with van der Waals surface area (Å²) < 4.78 is 12.6. The molecule has 3 heterocycles. The van der Waals surface area contributed by atoms with Crippen molar-refractivity contribution in [3.05, 3.63) is 53.2 Å². The molecular weight excluding hydrogens is 364 g/mol. The normalized spacial score (nSPS) is 18.6. The number of imidazole rings is 1. The van der Waals surface area contributed by atoms with Crippen molar-refractivity contribution in [1.29, 1.82) is 0 Å². The second-order valence-electron chi connectivity index (χ2n) is 6.04. The van der Waals surface area contributed by atoms with Crippen LogP contribution in [0.3, 0.4) is 0 Å². The van der Waals surface area contributed by atoms with Gasteiger partial charge in [0.2, 0.25) is 6.79 Å². The molecule has 8 heteroatoms. The first kappa shape index (κ1) is 16.0. The zero-order valence-electron chi connectivity index (χ0n) is 14.3. The minimum atomic E-state index is -0.188. The van der Waals surface area contributed by atoms with Gasteiger partial charge in [0.1, 0.15) is 5.82 Å². The molecule has 1 aromatic heterocycles. The minimum Gasteiger partial charge on any atom is -0.454 e. The van der Waals surface area contributed by atoms with E-state index in [2.05, 4.69) is 15.3 Å². The van der Waals surface area contributed by atoms with Crippen LogP contribution in [0, 0.1) is 0 Å². The summed E-state index contributed by atoms with van der Waals surface area (Å²) in [5.74, 6) is 1.89. The fourth-order valence-corrected chi connectivity index (χ4v) is 3.77. The lowest BCUT2D eigenvalue weighted by atomic mass is 10.3. The van der Waals surface area contributed by atoms with E-state index in [0.717, 1.165) is 16.9 Å². The summed E-state index contributed by atoms with van der Waals surface area (Å²) in [5.41, 5.74) is 2.59. The molecule has 0 unspecified atom stereocenters. The van der Waals surface area contributed by atoms with Gasteiger partial charge in [-0.3, -0.25) is 4.79 Å². The number of aliphatic imine (C=N–C) groups is 1. The molecule has 27 heavy (non-hydrogen) atoms. The van der Waals surface area contributed by atoms with E-state index in [-0.39, 0.29) is 12.7 Å². The zero-order valence-corrected chi connectivity index (χ0v) is 15.1. The first-order valence-electron chi connectivity index (χ1n) is 8.28. The number of benzene rings is 2. The third-order valence-electron chi connectivity index (χ3n) is 4.32. The van der Waals surface area contributed by atoms with Crippen LogP contribution in [0.4, 0.5) is 5.69 Å². The van der Waals surface area contributed by atoms with E-state index in [1.165, 1.54) is 11.8 Å². The van der Waals surface area contributed by atoms with Crippen LogP contribution >= 0.6 is 11.8 Å². The fraction of sp³-hybridized carbons (Fsp3) is 0.105. The number of aryl methyl sites for hydroxylation is 1. The first-order valence-corrected chi connectivity index (χ1v) is 9.10. The lowest BCUT2D eigenvalue weighted by Gasteiger charge is -1.99. The van der Waals surface area contributed by atoms with Gasteiger partial charge < -0.3 is 19.4 Å². The van der Waals surface area contributed by atoms with Gasteiger partial charge in [-0.15, -0.1) is 0 Å². The zero-order chi connectivity index (χ0) is 18.4. The highest BCUT2D eigenvalue weighted by molar-refractivity contribution is 8.18. The number of hydrogen-bond acceptors (Lipinski definition) is 6. The van der Waals surface area contributed by atoms with Gasteiger partial charge in [0.25, 0.3) is 5.91 Å². The molecule has 0 radical (unpaired) electrons. The first-order chi connectivity index (χ1) is 13.2. The molecule has 2 aromatic carbocycles. The molecular formula is C19H14N4O3S. The van der Waals surface area contributed by atoms with Gasteiger partial charge in [0.05, 0.1) is 21.6 Å².